The summed E-state index contributed by atoms with van der Waals surface area (Å²) in [7, 11) is 0. The fourth-order valence-corrected chi connectivity index (χ4v) is 5.55. The summed E-state index contributed by atoms with van der Waals surface area (Å²) in [6.45, 7) is 11.0. The van der Waals surface area contributed by atoms with E-state index in [4.69, 9.17) is 9.72 Å². The minimum absolute atomic E-state index is 0.227. The van der Waals surface area contributed by atoms with Crippen LogP contribution in [-0.4, -0.2) is 56.6 Å². The Balaban J connectivity index is 1.32. The van der Waals surface area contributed by atoms with E-state index in [1.54, 1.807) is 0 Å². The monoisotopic (exact) mass is 447 g/mol. The van der Waals surface area contributed by atoms with Crippen LogP contribution >= 0.6 is 0 Å². The molecule has 0 aliphatic carbocycles. The Morgan fingerprint density at radius 2 is 2.03 bits per heavy atom. The standard InChI is InChI=1S/C25H33N7O/c1-16(2)32-25(27-17(3)29-32)21-15-30-11-12-33-23-13-19(6-7-20(23)24(30)28-21)31-10-8-22(31)18-5-4-9-26-14-18/h6-7,13,15-16,18,22,26H,4-5,8-12,14H2,1-3H3. The van der Waals surface area contributed by atoms with E-state index in [0.717, 1.165) is 66.6 Å². The van der Waals surface area contributed by atoms with Gasteiger partial charge >= 0.3 is 0 Å². The van der Waals surface area contributed by atoms with Crippen LogP contribution in [0.25, 0.3) is 22.9 Å². The van der Waals surface area contributed by atoms with Crippen molar-refractivity contribution < 1.29 is 4.74 Å². The van der Waals surface area contributed by atoms with E-state index in [2.05, 4.69) is 63.1 Å². The predicted octanol–water partition coefficient (Wildman–Crippen LogP) is 3.67. The van der Waals surface area contributed by atoms with Gasteiger partial charge in [-0.1, -0.05) is 0 Å². The van der Waals surface area contributed by atoms with Gasteiger partial charge in [0.1, 0.15) is 29.7 Å². The summed E-state index contributed by atoms with van der Waals surface area (Å²) in [5, 5.41) is 8.15. The lowest BCUT2D eigenvalue weighted by atomic mass is 9.83. The molecular formula is C25H33N7O. The summed E-state index contributed by atoms with van der Waals surface area (Å²) in [5.74, 6) is 4.21. The van der Waals surface area contributed by atoms with Gasteiger partial charge in [-0.25, -0.2) is 14.6 Å². The summed E-state index contributed by atoms with van der Waals surface area (Å²) in [5.41, 5.74) is 3.18. The Labute approximate surface area is 195 Å². The minimum atomic E-state index is 0.227. The van der Waals surface area contributed by atoms with Crippen molar-refractivity contribution in [2.24, 2.45) is 5.92 Å². The van der Waals surface area contributed by atoms with Gasteiger partial charge in [-0.3, -0.25) is 0 Å². The highest BCUT2D eigenvalue weighted by molar-refractivity contribution is 5.72. The molecular weight excluding hydrogens is 414 g/mol. The fourth-order valence-electron chi connectivity index (χ4n) is 5.55. The molecule has 0 spiro atoms. The number of aromatic nitrogens is 5. The molecule has 0 radical (unpaired) electrons. The van der Waals surface area contributed by atoms with E-state index >= 15 is 0 Å². The van der Waals surface area contributed by atoms with Crippen LogP contribution < -0.4 is 15.0 Å². The number of nitrogens with one attached hydrogen (secondary N) is 1. The zero-order valence-corrected chi connectivity index (χ0v) is 19.8. The molecule has 2 atom stereocenters. The van der Waals surface area contributed by atoms with Gasteiger partial charge < -0.3 is 19.5 Å². The third-order valence-corrected chi connectivity index (χ3v) is 7.30. The SMILES string of the molecule is Cc1nc(-c2cn3c(n2)-c2ccc(N4CCC4C4CCCNC4)cc2OCC3)n(C(C)C)n1. The van der Waals surface area contributed by atoms with Crippen LogP contribution in [-0.2, 0) is 6.54 Å². The molecule has 3 aromatic rings. The van der Waals surface area contributed by atoms with Crippen molar-refractivity contribution in [1.29, 1.82) is 0 Å². The van der Waals surface area contributed by atoms with Gasteiger partial charge in [0, 0.05) is 36.6 Å². The van der Waals surface area contributed by atoms with Crippen LogP contribution in [0.1, 0.15) is 45.0 Å². The smallest absolute Gasteiger partial charge is 0.178 e. The lowest BCUT2D eigenvalue weighted by Crippen LogP contribution is -2.55. The molecule has 0 amide bonds. The van der Waals surface area contributed by atoms with Crippen molar-refractivity contribution in [3.05, 3.63) is 30.2 Å². The maximum Gasteiger partial charge on any atom is 0.178 e. The van der Waals surface area contributed by atoms with E-state index in [1.165, 1.54) is 24.9 Å². The first kappa shape index (κ1) is 20.7. The summed E-state index contributed by atoms with van der Waals surface area (Å²) in [4.78, 5) is 12.2. The Hall–Kier alpha value is -2.87. The average Bonchev–Trinajstić information content (AvgIpc) is 3.33. The Morgan fingerprint density at radius 1 is 1.12 bits per heavy atom. The average molecular weight is 448 g/mol. The third-order valence-electron chi connectivity index (χ3n) is 7.30. The summed E-state index contributed by atoms with van der Waals surface area (Å²) in [6, 6.07) is 7.52. The van der Waals surface area contributed by atoms with Crippen molar-refractivity contribution in [1.82, 2.24) is 29.6 Å². The van der Waals surface area contributed by atoms with E-state index < -0.39 is 0 Å². The van der Waals surface area contributed by atoms with Gasteiger partial charge in [-0.15, -0.1) is 0 Å². The number of benzene rings is 1. The molecule has 8 nitrogen and oxygen atoms in total. The van der Waals surface area contributed by atoms with Gasteiger partial charge in [0.2, 0.25) is 0 Å². The van der Waals surface area contributed by atoms with Crippen LogP contribution in [0.5, 0.6) is 5.75 Å². The van der Waals surface area contributed by atoms with Crippen molar-refractivity contribution >= 4 is 5.69 Å². The molecule has 2 unspecified atom stereocenters. The van der Waals surface area contributed by atoms with Gasteiger partial charge in [0.05, 0.1) is 12.1 Å². The molecule has 3 aliphatic heterocycles. The van der Waals surface area contributed by atoms with Crippen LogP contribution in [0.15, 0.2) is 24.4 Å². The number of rotatable bonds is 4. The molecule has 1 N–H and O–H groups in total. The maximum atomic E-state index is 6.21. The molecule has 174 valence electrons. The van der Waals surface area contributed by atoms with Crippen molar-refractivity contribution in [2.75, 3.05) is 31.1 Å². The largest absolute Gasteiger partial charge is 0.491 e. The van der Waals surface area contributed by atoms with E-state index in [0.29, 0.717) is 12.6 Å². The molecule has 6 rings (SSSR count). The lowest BCUT2D eigenvalue weighted by molar-refractivity contribution is 0.258. The minimum Gasteiger partial charge on any atom is -0.491 e. The quantitative estimate of drug-likeness (QED) is 0.658. The molecule has 3 aliphatic rings. The highest BCUT2D eigenvalue weighted by atomic mass is 16.5. The van der Waals surface area contributed by atoms with Gasteiger partial charge in [-0.05, 0) is 71.2 Å². The molecule has 33 heavy (non-hydrogen) atoms. The number of aryl methyl sites for hydroxylation is 1. The molecule has 0 bridgehead atoms. The number of hydrogen-bond acceptors (Lipinski definition) is 6. The summed E-state index contributed by atoms with van der Waals surface area (Å²) in [6.07, 6.45) is 5.99. The zero-order valence-electron chi connectivity index (χ0n) is 19.8. The van der Waals surface area contributed by atoms with Crippen molar-refractivity contribution in [2.45, 2.75) is 58.7 Å². The highest BCUT2D eigenvalue weighted by Gasteiger charge is 2.36. The summed E-state index contributed by atoms with van der Waals surface area (Å²) < 4.78 is 10.4. The third kappa shape index (κ3) is 3.60. The predicted molar refractivity (Wildman–Crippen MR) is 129 cm³/mol. The fraction of sp³-hybridized carbons (Fsp3) is 0.560. The van der Waals surface area contributed by atoms with Crippen LogP contribution in [0.2, 0.25) is 0 Å². The molecule has 2 fully saturated rings. The molecule has 0 saturated carbocycles. The van der Waals surface area contributed by atoms with Gasteiger partial charge in [0.15, 0.2) is 5.82 Å². The van der Waals surface area contributed by atoms with E-state index in [-0.39, 0.29) is 6.04 Å². The lowest BCUT2D eigenvalue weighted by Gasteiger charge is -2.48. The molecule has 2 saturated heterocycles. The number of fused-ring (bicyclic) bond motifs is 3. The summed E-state index contributed by atoms with van der Waals surface area (Å²) >= 11 is 0. The number of piperidine rings is 1. The van der Waals surface area contributed by atoms with E-state index in [1.807, 2.05) is 11.6 Å². The Kier molecular flexibility index (Phi) is 5.13. The number of imidazole rings is 1. The highest BCUT2D eigenvalue weighted by Crippen LogP contribution is 2.40. The number of anilines is 1. The molecule has 2 aromatic heterocycles. The van der Waals surface area contributed by atoms with E-state index in [9.17, 15) is 0 Å². The van der Waals surface area contributed by atoms with Crippen LogP contribution in [0.4, 0.5) is 5.69 Å². The Morgan fingerprint density at radius 3 is 2.79 bits per heavy atom. The molecule has 5 heterocycles. The first-order chi connectivity index (χ1) is 16.1. The van der Waals surface area contributed by atoms with Crippen molar-refractivity contribution in [3.8, 4) is 28.7 Å². The normalized spacial score (nSPS) is 22.4. The molecule has 1 aromatic carbocycles. The van der Waals surface area contributed by atoms with Crippen LogP contribution in [0.3, 0.4) is 0 Å². The Bertz CT molecular complexity index is 1160. The van der Waals surface area contributed by atoms with Crippen LogP contribution in [0, 0.1) is 12.8 Å². The first-order valence-corrected chi connectivity index (χ1v) is 12.3. The number of ether oxygens (including phenoxy) is 1. The zero-order chi connectivity index (χ0) is 22.5. The van der Waals surface area contributed by atoms with Gasteiger partial charge in [-0.2, -0.15) is 5.10 Å². The van der Waals surface area contributed by atoms with Crippen molar-refractivity contribution in [3.63, 3.8) is 0 Å². The first-order valence-electron chi connectivity index (χ1n) is 12.3. The second kappa shape index (κ2) is 8.17. The number of hydrogen-bond donors (Lipinski definition) is 1. The maximum absolute atomic E-state index is 6.21. The molecule has 8 heteroatoms. The number of nitrogens with zero attached hydrogens (tertiary/aromatic N) is 6. The second-order valence-corrected chi connectivity index (χ2v) is 9.85. The second-order valence-electron chi connectivity index (χ2n) is 9.85. The van der Waals surface area contributed by atoms with Gasteiger partial charge in [0.25, 0.3) is 0 Å². The topological polar surface area (TPSA) is 73.0 Å².